The lowest BCUT2D eigenvalue weighted by atomic mass is 9.96. The second kappa shape index (κ2) is 8.68. The Morgan fingerprint density at radius 3 is 2.52 bits per heavy atom. The van der Waals surface area contributed by atoms with Crippen LogP contribution < -0.4 is 4.72 Å². The number of hydrogen-bond acceptors (Lipinski definition) is 5. The van der Waals surface area contributed by atoms with Gasteiger partial charge in [-0.2, -0.15) is 0 Å². The molecule has 2 fully saturated rings. The SMILES string of the molecule is Cc1ccc(C)c(S(=O)(=O)NCCC(=O)N2CCC(C3OCCO3)CC2)c1. The van der Waals surface area contributed by atoms with E-state index in [1.165, 1.54) is 0 Å². The molecule has 2 saturated heterocycles. The third-order valence-electron chi connectivity index (χ3n) is 5.19. The van der Waals surface area contributed by atoms with E-state index < -0.39 is 10.0 Å². The van der Waals surface area contributed by atoms with Crippen molar-refractivity contribution in [2.45, 2.75) is 44.3 Å². The third kappa shape index (κ3) is 5.07. The molecule has 1 aromatic carbocycles. The molecule has 1 aromatic rings. The van der Waals surface area contributed by atoms with Crippen LogP contribution in [0.25, 0.3) is 0 Å². The number of nitrogens with one attached hydrogen (secondary N) is 1. The Morgan fingerprint density at radius 2 is 1.85 bits per heavy atom. The minimum Gasteiger partial charge on any atom is -0.350 e. The molecule has 7 nitrogen and oxygen atoms in total. The summed E-state index contributed by atoms with van der Waals surface area (Å²) >= 11 is 0. The van der Waals surface area contributed by atoms with E-state index in [-0.39, 0.29) is 30.1 Å². The summed E-state index contributed by atoms with van der Waals surface area (Å²) in [6.07, 6.45) is 1.73. The van der Waals surface area contributed by atoms with Gasteiger partial charge in [0.2, 0.25) is 15.9 Å². The van der Waals surface area contributed by atoms with Crippen LogP contribution in [0.15, 0.2) is 23.1 Å². The number of rotatable bonds is 6. The van der Waals surface area contributed by atoms with Gasteiger partial charge in [-0.15, -0.1) is 0 Å². The van der Waals surface area contributed by atoms with E-state index in [4.69, 9.17) is 9.47 Å². The van der Waals surface area contributed by atoms with Crippen LogP contribution in [0.1, 0.15) is 30.4 Å². The van der Waals surface area contributed by atoms with Crippen molar-refractivity contribution in [1.82, 2.24) is 9.62 Å². The second-order valence-electron chi connectivity index (χ2n) is 7.24. The molecule has 150 valence electrons. The van der Waals surface area contributed by atoms with Gasteiger partial charge in [-0.1, -0.05) is 12.1 Å². The molecule has 8 heteroatoms. The van der Waals surface area contributed by atoms with E-state index in [1.54, 1.807) is 24.0 Å². The van der Waals surface area contributed by atoms with Gasteiger partial charge < -0.3 is 14.4 Å². The molecule has 0 radical (unpaired) electrons. The Bertz CT molecular complexity index is 766. The molecular formula is C19H28N2O5S. The van der Waals surface area contributed by atoms with Gasteiger partial charge in [0, 0.05) is 32.0 Å². The first kappa shape index (κ1) is 20.3. The largest absolute Gasteiger partial charge is 0.350 e. The number of aryl methyl sites for hydroxylation is 2. The number of ether oxygens (including phenoxy) is 2. The summed E-state index contributed by atoms with van der Waals surface area (Å²) in [7, 11) is -3.61. The first-order valence-corrected chi connectivity index (χ1v) is 10.9. The predicted octanol–water partition coefficient (Wildman–Crippen LogP) is 1.58. The zero-order valence-corrected chi connectivity index (χ0v) is 16.8. The molecule has 2 aliphatic heterocycles. The highest BCUT2D eigenvalue weighted by molar-refractivity contribution is 7.89. The van der Waals surface area contributed by atoms with Crippen LogP contribution in [0.5, 0.6) is 0 Å². The number of piperidine rings is 1. The fourth-order valence-corrected chi connectivity index (χ4v) is 4.95. The zero-order chi connectivity index (χ0) is 19.4. The molecule has 0 atom stereocenters. The first-order chi connectivity index (χ1) is 12.9. The molecule has 0 unspecified atom stereocenters. The Labute approximate surface area is 161 Å². The topological polar surface area (TPSA) is 84.9 Å². The molecule has 3 rings (SSSR count). The van der Waals surface area contributed by atoms with E-state index in [0.717, 1.165) is 18.4 Å². The molecule has 0 aliphatic carbocycles. The number of hydrogen-bond donors (Lipinski definition) is 1. The van der Waals surface area contributed by atoms with Crippen LogP contribution in [0.3, 0.4) is 0 Å². The molecule has 0 bridgehead atoms. The minimum absolute atomic E-state index is 0.0228. The van der Waals surface area contributed by atoms with E-state index in [1.807, 2.05) is 13.0 Å². The van der Waals surface area contributed by atoms with E-state index in [0.29, 0.717) is 37.8 Å². The quantitative estimate of drug-likeness (QED) is 0.789. The molecule has 2 heterocycles. The lowest BCUT2D eigenvalue weighted by Gasteiger charge is -2.33. The number of benzene rings is 1. The van der Waals surface area contributed by atoms with Gasteiger partial charge in [-0.25, -0.2) is 13.1 Å². The van der Waals surface area contributed by atoms with Crippen LogP contribution in [0, 0.1) is 19.8 Å². The summed E-state index contributed by atoms with van der Waals surface area (Å²) in [5.41, 5.74) is 1.58. The van der Waals surface area contributed by atoms with Crippen LogP contribution in [0.4, 0.5) is 0 Å². The summed E-state index contributed by atoms with van der Waals surface area (Å²) < 4.78 is 38.6. The number of sulfonamides is 1. The summed E-state index contributed by atoms with van der Waals surface area (Å²) in [6, 6.07) is 5.32. The molecule has 2 aliphatic rings. The van der Waals surface area contributed by atoms with E-state index in [9.17, 15) is 13.2 Å². The van der Waals surface area contributed by atoms with E-state index in [2.05, 4.69) is 4.72 Å². The standard InChI is InChI=1S/C19H28N2O5S/c1-14-3-4-15(2)17(13-14)27(23,24)20-8-5-18(22)21-9-6-16(7-10-21)19-25-11-12-26-19/h3-4,13,16,19-20H,5-12H2,1-2H3. The molecule has 0 aromatic heterocycles. The molecule has 0 spiro atoms. The van der Waals surface area contributed by atoms with Gasteiger partial charge in [-0.3, -0.25) is 4.79 Å². The highest BCUT2D eigenvalue weighted by Gasteiger charge is 2.31. The third-order valence-corrected chi connectivity index (χ3v) is 6.79. The number of amides is 1. The lowest BCUT2D eigenvalue weighted by molar-refractivity contribution is -0.136. The monoisotopic (exact) mass is 396 g/mol. The van der Waals surface area contributed by atoms with Crippen molar-refractivity contribution in [1.29, 1.82) is 0 Å². The number of carbonyl (C=O) groups is 1. The highest BCUT2D eigenvalue weighted by Crippen LogP contribution is 2.26. The fraction of sp³-hybridized carbons (Fsp3) is 0.632. The van der Waals surface area contributed by atoms with Crippen molar-refractivity contribution < 1.29 is 22.7 Å². The average molecular weight is 397 g/mol. The maximum atomic E-state index is 12.5. The molecule has 27 heavy (non-hydrogen) atoms. The smallest absolute Gasteiger partial charge is 0.240 e. The molecular weight excluding hydrogens is 368 g/mol. The highest BCUT2D eigenvalue weighted by atomic mass is 32.2. The van der Waals surface area contributed by atoms with Crippen LogP contribution >= 0.6 is 0 Å². The summed E-state index contributed by atoms with van der Waals surface area (Å²) in [4.78, 5) is 14.5. The Balaban J connectivity index is 1.46. The van der Waals surface area contributed by atoms with Crippen LogP contribution in [0.2, 0.25) is 0 Å². The molecule has 1 amide bonds. The molecule has 1 N–H and O–H groups in total. The van der Waals surface area contributed by atoms with Crippen molar-refractivity contribution in [3.63, 3.8) is 0 Å². The van der Waals surface area contributed by atoms with Gasteiger partial charge in [0.25, 0.3) is 0 Å². The van der Waals surface area contributed by atoms with Crippen molar-refractivity contribution in [2.24, 2.45) is 5.92 Å². The van der Waals surface area contributed by atoms with Gasteiger partial charge in [0.05, 0.1) is 18.1 Å². The average Bonchev–Trinajstić information content (AvgIpc) is 3.18. The second-order valence-corrected chi connectivity index (χ2v) is 8.98. The Kier molecular flexibility index (Phi) is 6.52. The molecule has 0 saturated carbocycles. The predicted molar refractivity (Wildman–Crippen MR) is 101 cm³/mol. The Morgan fingerprint density at radius 1 is 1.19 bits per heavy atom. The minimum atomic E-state index is -3.61. The first-order valence-electron chi connectivity index (χ1n) is 9.45. The Hall–Kier alpha value is -1.48. The maximum absolute atomic E-state index is 12.5. The normalized spacial score (nSPS) is 19.6. The van der Waals surface area contributed by atoms with Gasteiger partial charge in [0.1, 0.15) is 0 Å². The van der Waals surface area contributed by atoms with Gasteiger partial charge in [0.15, 0.2) is 6.29 Å². The number of nitrogens with zero attached hydrogens (tertiary/aromatic N) is 1. The summed E-state index contributed by atoms with van der Waals surface area (Å²) in [6.45, 7) is 6.33. The van der Waals surface area contributed by atoms with Crippen molar-refractivity contribution in [2.75, 3.05) is 32.8 Å². The fourth-order valence-electron chi connectivity index (χ4n) is 3.59. The zero-order valence-electron chi connectivity index (χ0n) is 15.9. The van der Waals surface area contributed by atoms with Crippen LogP contribution in [-0.2, 0) is 24.3 Å². The van der Waals surface area contributed by atoms with Crippen LogP contribution in [-0.4, -0.2) is 58.4 Å². The maximum Gasteiger partial charge on any atom is 0.240 e. The van der Waals surface area contributed by atoms with E-state index >= 15 is 0 Å². The number of carbonyl (C=O) groups excluding carboxylic acids is 1. The number of likely N-dealkylation sites (tertiary alicyclic amines) is 1. The van der Waals surface area contributed by atoms with Crippen molar-refractivity contribution in [3.8, 4) is 0 Å². The summed E-state index contributed by atoms with van der Waals surface area (Å²) in [5, 5.41) is 0. The van der Waals surface area contributed by atoms with Crippen molar-refractivity contribution in [3.05, 3.63) is 29.3 Å². The van der Waals surface area contributed by atoms with Gasteiger partial charge in [-0.05, 0) is 43.9 Å². The van der Waals surface area contributed by atoms with Gasteiger partial charge >= 0.3 is 0 Å². The van der Waals surface area contributed by atoms with Crippen molar-refractivity contribution >= 4 is 15.9 Å². The summed E-state index contributed by atoms with van der Waals surface area (Å²) in [5.74, 6) is 0.310. The lowest BCUT2D eigenvalue weighted by Crippen LogP contribution is -2.42.